The summed E-state index contributed by atoms with van der Waals surface area (Å²) in [5.74, 6) is 0. The number of ether oxygens (including phenoxy) is 1. The van der Waals surface area contributed by atoms with E-state index in [0.29, 0.717) is 6.61 Å². The van der Waals surface area contributed by atoms with Gasteiger partial charge in [0.15, 0.2) is 0 Å². The number of rotatable bonds is 3. The predicted molar refractivity (Wildman–Crippen MR) is 66.6 cm³/mol. The number of amides is 1. The summed E-state index contributed by atoms with van der Waals surface area (Å²) in [6, 6.07) is 9.85. The van der Waals surface area contributed by atoms with Gasteiger partial charge in [-0.05, 0) is 18.4 Å². The van der Waals surface area contributed by atoms with Crippen molar-refractivity contribution in [3.63, 3.8) is 0 Å². The van der Waals surface area contributed by atoms with Crippen LogP contribution in [0.4, 0.5) is 4.79 Å². The third-order valence-electron chi connectivity index (χ3n) is 3.01. The number of hydrogen-bond acceptors (Lipinski definition) is 2. The van der Waals surface area contributed by atoms with Gasteiger partial charge in [-0.1, -0.05) is 36.4 Å². The van der Waals surface area contributed by atoms with E-state index in [2.05, 4.69) is 6.58 Å². The van der Waals surface area contributed by atoms with Crippen molar-refractivity contribution in [1.82, 2.24) is 4.90 Å². The van der Waals surface area contributed by atoms with Crippen LogP contribution >= 0.6 is 0 Å². The molecule has 0 spiro atoms. The van der Waals surface area contributed by atoms with Crippen LogP contribution in [0.15, 0.2) is 43.0 Å². The number of hydrogen-bond donors (Lipinski definition) is 0. The van der Waals surface area contributed by atoms with E-state index in [0.717, 1.165) is 24.9 Å². The molecule has 3 heteroatoms. The van der Waals surface area contributed by atoms with Crippen molar-refractivity contribution in [3.8, 4) is 0 Å². The second-order valence-corrected chi connectivity index (χ2v) is 4.18. The van der Waals surface area contributed by atoms with Crippen molar-refractivity contribution in [2.75, 3.05) is 6.54 Å². The van der Waals surface area contributed by atoms with E-state index in [-0.39, 0.29) is 12.1 Å². The Morgan fingerprint density at radius 1 is 1.47 bits per heavy atom. The number of carbonyl (C=O) groups excluding carboxylic acids is 1. The van der Waals surface area contributed by atoms with Gasteiger partial charge in [0.2, 0.25) is 0 Å². The van der Waals surface area contributed by atoms with E-state index in [9.17, 15) is 4.79 Å². The van der Waals surface area contributed by atoms with Crippen LogP contribution in [0.5, 0.6) is 0 Å². The molecular weight excluding hydrogens is 214 g/mol. The summed E-state index contributed by atoms with van der Waals surface area (Å²) in [5, 5.41) is 0. The lowest BCUT2D eigenvalue weighted by Gasteiger charge is -2.21. The highest BCUT2D eigenvalue weighted by Gasteiger charge is 2.27. The highest BCUT2D eigenvalue weighted by molar-refractivity contribution is 5.68. The molecule has 0 saturated carbocycles. The molecule has 1 atom stereocenters. The molecule has 1 heterocycles. The third-order valence-corrected chi connectivity index (χ3v) is 3.01. The minimum Gasteiger partial charge on any atom is -0.445 e. The first-order valence-electron chi connectivity index (χ1n) is 5.91. The van der Waals surface area contributed by atoms with E-state index >= 15 is 0 Å². The number of nitrogens with zero attached hydrogens (tertiary/aromatic N) is 1. The molecule has 1 unspecified atom stereocenters. The molecule has 1 aromatic carbocycles. The molecule has 90 valence electrons. The van der Waals surface area contributed by atoms with Gasteiger partial charge in [-0.3, -0.25) is 0 Å². The lowest BCUT2D eigenvalue weighted by molar-refractivity contribution is 0.0975. The quantitative estimate of drug-likeness (QED) is 0.748. The zero-order chi connectivity index (χ0) is 12.1. The molecule has 0 N–H and O–H groups in total. The Kier molecular flexibility index (Phi) is 3.81. The number of benzene rings is 1. The minimum atomic E-state index is -0.240. The maximum Gasteiger partial charge on any atom is 0.410 e. The van der Waals surface area contributed by atoms with Crippen molar-refractivity contribution in [2.24, 2.45) is 0 Å². The van der Waals surface area contributed by atoms with Gasteiger partial charge < -0.3 is 9.64 Å². The van der Waals surface area contributed by atoms with Crippen LogP contribution in [-0.2, 0) is 11.3 Å². The average molecular weight is 231 g/mol. The molecule has 1 fully saturated rings. The molecule has 0 aliphatic carbocycles. The van der Waals surface area contributed by atoms with Gasteiger partial charge in [0.1, 0.15) is 6.61 Å². The van der Waals surface area contributed by atoms with Crippen LogP contribution in [0.25, 0.3) is 0 Å². The Bertz CT molecular complexity index is 388. The van der Waals surface area contributed by atoms with Crippen LogP contribution in [-0.4, -0.2) is 23.6 Å². The number of carbonyl (C=O) groups is 1. The van der Waals surface area contributed by atoms with E-state index in [1.807, 2.05) is 36.4 Å². The zero-order valence-electron chi connectivity index (χ0n) is 9.84. The van der Waals surface area contributed by atoms with Gasteiger partial charge >= 0.3 is 6.09 Å². The van der Waals surface area contributed by atoms with Gasteiger partial charge in [0.25, 0.3) is 0 Å². The molecule has 0 aromatic heterocycles. The summed E-state index contributed by atoms with van der Waals surface area (Å²) in [7, 11) is 0. The first-order valence-corrected chi connectivity index (χ1v) is 5.91. The fourth-order valence-electron chi connectivity index (χ4n) is 2.07. The van der Waals surface area contributed by atoms with E-state index < -0.39 is 0 Å². The second kappa shape index (κ2) is 5.53. The smallest absolute Gasteiger partial charge is 0.410 e. The Balaban J connectivity index is 1.87. The summed E-state index contributed by atoms with van der Waals surface area (Å²) in [5.41, 5.74) is 1.01. The summed E-state index contributed by atoms with van der Waals surface area (Å²) in [6.45, 7) is 4.85. The minimum absolute atomic E-state index is 0.137. The van der Waals surface area contributed by atoms with Gasteiger partial charge in [-0.15, -0.1) is 6.58 Å². The first-order chi connectivity index (χ1) is 8.31. The summed E-state index contributed by atoms with van der Waals surface area (Å²) in [6.07, 6.45) is 3.59. The molecule has 1 aliphatic heterocycles. The average Bonchev–Trinajstić information content (AvgIpc) is 2.85. The maximum absolute atomic E-state index is 11.8. The monoisotopic (exact) mass is 231 g/mol. The SMILES string of the molecule is C=CC1CCCN1C(=O)OCc1ccccc1. The zero-order valence-corrected chi connectivity index (χ0v) is 9.84. The van der Waals surface area contributed by atoms with Gasteiger partial charge in [0.05, 0.1) is 6.04 Å². The largest absolute Gasteiger partial charge is 0.445 e. The van der Waals surface area contributed by atoms with Crippen LogP contribution in [0.1, 0.15) is 18.4 Å². The lowest BCUT2D eigenvalue weighted by Crippen LogP contribution is -2.34. The lowest BCUT2D eigenvalue weighted by atomic mass is 10.2. The molecule has 1 aromatic rings. The van der Waals surface area contributed by atoms with Crippen LogP contribution < -0.4 is 0 Å². The summed E-state index contributed by atoms with van der Waals surface area (Å²) in [4.78, 5) is 13.6. The highest BCUT2D eigenvalue weighted by Crippen LogP contribution is 2.19. The Morgan fingerprint density at radius 3 is 2.94 bits per heavy atom. The van der Waals surface area contributed by atoms with Crippen molar-refractivity contribution >= 4 is 6.09 Å². The molecule has 0 radical (unpaired) electrons. The van der Waals surface area contributed by atoms with Crippen molar-refractivity contribution < 1.29 is 9.53 Å². The molecule has 1 aliphatic rings. The summed E-state index contributed by atoms with van der Waals surface area (Å²) >= 11 is 0. The van der Waals surface area contributed by atoms with Crippen molar-refractivity contribution in [1.29, 1.82) is 0 Å². The van der Waals surface area contributed by atoms with Crippen LogP contribution in [0.3, 0.4) is 0 Å². The fraction of sp³-hybridized carbons (Fsp3) is 0.357. The van der Waals surface area contributed by atoms with Gasteiger partial charge in [-0.25, -0.2) is 4.79 Å². The van der Waals surface area contributed by atoms with E-state index in [1.165, 1.54) is 0 Å². The van der Waals surface area contributed by atoms with E-state index in [1.54, 1.807) is 4.90 Å². The van der Waals surface area contributed by atoms with Crippen molar-refractivity contribution in [2.45, 2.75) is 25.5 Å². The molecule has 17 heavy (non-hydrogen) atoms. The molecule has 2 rings (SSSR count). The normalized spacial score (nSPS) is 19.1. The molecule has 1 amide bonds. The molecular formula is C14H17NO2. The van der Waals surface area contributed by atoms with Gasteiger partial charge in [0, 0.05) is 6.54 Å². The number of likely N-dealkylation sites (tertiary alicyclic amines) is 1. The Morgan fingerprint density at radius 2 is 2.24 bits per heavy atom. The van der Waals surface area contributed by atoms with Crippen LogP contribution in [0, 0.1) is 0 Å². The summed E-state index contributed by atoms with van der Waals surface area (Å²) < 4.78 is 5.28. The molecule has 0 bridgehead atoms. The van der Waals surface area contributed by atoms with Crippen molar-refractivity contribution in [3.05, 3.63) is 48.6 Å². The topological polar surface area (TPSA) is 29.5 Å². The third kappa shape index (κ3) is 2.87. The fourth-order valence-corrected chi connectivity index (χ4v) is 2.07. The molecule has 3 nitrogen and oxygen atoms in total. The Labute approximate surface area is 102 Å². The highest BCUT2D eigenvalue weighted by atomic mass is 16.6. The van der Waals surface area contributed by atoms with Crippen LogP contribution in [0.2, 0.25) is 0 Å². The predicted octanol–water partition coefficient (Wildman–Crippen LogP) is 2.97. The molecule has 1 saturated heterocycles. The maximum atomic E-state index is 11.8. The first kappa shape index (κ1) is 11.7. The second-order valence-electron chi connectivity index (χ2n) is 4.18. The standard InChI is InChI=1S/C14H17NO2/c1-2-13-9-6-10-15(13)14(16)17-11-12-7-4-3-5-8-12/h2-5,7-8,13H,1,6,9-11H2. The van der Waals surface area contributed by atoms with E-state index in [4.69, 9.17) is 4.74 Å². The van der Waals surface area contributed by atoms with Gasteiger partial charge in [-0.2, -0.15) is 0 Å². The Hall–Kier alpha value is -1.77.